The van der Waals surface area contributed by atoms with Gasteiger partial charge in [0.25, 0.3) is 5.91 Å². The monoisotopic (exact) mass is 301 g/mol. The van der Waals surface area contributed by atoms with Crippen molar-refractivity contribution >= 4 is 11.7 Å². The Balaban J connectivity index is 2.10. The van der Waals surface area contributed by atoms with E-state index < -0.39 is 0 Å². The smallest absolute Gasteiger partial charge is 0.256 e. The molecule has 1 aromatic heterocycles. The van der Waals surface area contributed by atoms with E-state index in [0.29, 0.717) is 22.9 Å². The zero-order valence-electron chi connectivity index (χ0n) is 13.1. The number of methoxy groups -OCH3 is 1. The maximum absolute atomic E-state index is 12.2. The third-order valence-electron chi connectivity index (χ3n) is 2.67. The van der Waals surface area contributed by atoms with Crippen LogP contribution in [0.2, 0.25) is 0 Å². The Labute approximate surface area is 129 Å². The molecule has 0 saturated carbocycles. The second-order valence-electron chi connectivity index (χ2n) is 5.63. The minimum Gasteiger partial charge on any atom is -0.491 e. The molecule has 116 valence electrons. The number of nitrogens with one attached hydrogen (secondary N) is 1. The van der Waals surface area contributed by atoms with E-state index >= 15 is 0 Å². The van der Waals surface area contributed by atoms with Crippen LogP contribution >= 0.6 is 0 Å². The number of hydrogen-bond acceptors (Lipinski definition) is 5. The van der Waals surface area contributed by atoms with Gasteiger partial charge in [-0.2, -0.15) is 0 Å². The number of rotatable bonds is 4. The standard InChI is InChI=1S/C16H19N3O3/c1-16(2,3)22-12-7-5-11(6-8-12)15(20)19-14-13(21-4)9-17-10-18-14/h5-10H,1-4H3,(H,17,18,19,20). The van der Waals surface area contributed by atoms with E-state index in [-0.39, 0.29) is 11.5 Å². The van der Waals surface area contributed by atoms with Crippen molar-refractivity contribution in [2.75, 3.05) is 12.4 Å². The summed E-state index contributed by atoms with van der Waals surface area (Å²) in [4.78, 5) is 20.0. The number of ether oxygens (including phenoxy) is 2. The lowest BCUT2D eigenvalue weighted by Crippen LogP contribution is -2.23. The second-order valence-corrected chi connectivity index (χ2v) is 5.63. The van der Waals surface area contributed by atoms with Crippen LogP contribution in [0.1, 0.15) is 31.1 Å². The molecule has 1 N–H and O–H groups in total. The SMILES string of the molecule is COc1cncnc1NC(=O)c1ccc(OC(C)(C)C)cc1. The summed E-state index contributed by atoms with van der Waals surface area (Å²) < 4.78 is 10.8. The van der Waals surface area contributed by atoms with Crippen LogP contribution in [-0.4, -0.2) is 28.6 Å². The molecule has 0 aliphatic rings. The van der Waals surface area contributed by atoms with Crippen molar-refractivity contribution < 1.29 is 14.3 Å². The topological polar surface area (TPSA) is 73.3 Å². The summed E-state index contributed by atoms with van der Waals surface area (Å²) in [7, 11) is 1.49. The summed E-state index contributed by atoms with van der Waals surface area (Å²) in [6, 6.07) is 6.92. The Morgan fingerprint density at radius 3 is 2.45 bits per heavy atom. The van der Waals surface area contributed by atoms with Gasteiger partial charge in [0.1, 0.15) is 17.7 Å². The van der Waals surface area contributed by atoms with E-state index in [1.54, 1.807) is 24.3 Å². The van der Waals surface area contributed by atoms with Crippen molar-refractivity contribution in [2.24, 2.45) is 0 Å². The maximum atomic E-state index is 12.2. The molecule has 0 aliphatic heterocycles. The van der Waals surface area contributed by atoms with Gasteiger partial charge in [-0.05, 0) is 45.0 Å². The van der Waals surface area contributed by atoms with Crippen molar-refractivity contribution in [2.45, 2.75) is 26.4 Å². The van der Waals surface area contributed by atoms with Gasteiger partial charge in [0.05, 0.1) is 13.3 Å². The molecule has 0 radical (unpaired) electrons. The Hall–Kier alpha value is -2.63. The van der Waals surface area contributed by atoms with Crippen LogP contribution in [0.4, 0.5) is 5.82 Å². The van der Waals surface area contributed by atoms with Crippen LogP contribution in [0.15, 0.2) is 36.8 Å². The predicted molar refractivity (Wildman–Crippen MR) is 83.4 cm³/mol. The van der Waals surface area contributed by atoms with Crippen molar-refractivity contribution in [3.63, 3.8) is 0 Å². The Bertz CT molecular complexity index is 648. The van der Waals surface area contributed by atoms with E-state index in [2.05, 4.69) is 15.3 Å². The van der Waals surface area contributed by atoms with Gasteiger partial charge in [0, 0.05) is 5.56 Å². The molecule has 0 aliphatic carbocycles. The van der Waals surface area contributed by atoms with Gasteiger partial charge in [-0.15, -0.1) is 0 Å². The molecule has 1 amide bonds. The van der Waals surface area contributed by atoms with Gasteiger partial charge in [-0.1, -0.05) is 0 Å². The van der Waals surface area contributed by atoms with E-state index in [0.717, 1.165) is 0 Å². The molecule has 22 heavy (non-hydrogen) atoms. The summed E-state index contributed by atoms with van der Waals surface area (Å²) in [5, 5.41) is 2.69. The highest BCUT2D eigenvalue weighted by molar-refractivity contribution is 6.04. The zero-order valence-corrected chi connectivity index (χ0v) is 13.1. The summed E-state index contributed by atoms with van der Waals surface area (Å²) in [6.07, 6.45) is 2.83. The van der Waals surface area contributed by atoms with E-state index in [1.165, 1.54) is 19.6 Å². The van der Waals surface area contributed by atoms with Crippen LogP contribution < -0.4 is 14.8 Å². The summed E-state index contributed by atoms with van der Waals surface area (Å²) in [5.74, 6) is 1.17. The third kappa shape index (κ3) is 4.18. The number of aromatic nitrogens is 2. The number of carbonyl (C=O) groups is 1. The summed E-state index contributed by atoms with van der Waals surface area (Å²) >= 11 is 0. The molecule has 0 atom stereocenters. The summed E-state index contributed by atoms with van der Waals surface area (Å²) in [5.41, 5.74) is 0.222. The first-order valence-electron chi connectivity index (χ1n) is 6.83. The number of carbonyl (C=O) groups excluding carboxylic acids is 1. The van der Waals surface area contributed by atoms with Crippen LogP contribution in [0.5, 0.6) is 11.5 Å². The average molecular weight is 301 g/mol. The first kappa shape index (κ1) is 15.8. The number of hydrogen-bond donors (Lipinski definition) is 1. The summed E-state index contributed by atoms with van der Waals surface area (Å²) in [6.45, 7) is 5.90. The van der Waals surface area contributed by atoms with Crippen molar-refractivity contribution in [1.82, 2.24) is 9.97 Å². The predicted octanol–water partition coefficient (Wildman–Crippen LogP) is 2.91. The van der Waals surface area contributed by atoms with Gasteiger partial charge in [-0.25, -0.2) is 9.97 Å². The molecule has 0 unspecified atom stereocenters. The maximum Gasteiger partial charge on any atom is 0.256 e. The lowest BCUT2D eigenvalue weighted by molar-refractivity contribution is 0.102. The van der Waals surface area contributed by atoms with Gasteiger partial charge in [0.2, 0.25) is 0 Å². The Kier molecular flexibility index (Phi) is 4.60. The van der Waals surface area contributed by atoms with Gasteiger partial charge >= 0.3 is 0 Å². The average Bonchev–Trinajstić information content (AvgIpc) is 2.47. The number of nitrogens with zero attached hydrogens (tertiary/aromatic N) is 2. The normalized spacial score (nSPS) is 10.9. The van der Waals surface area contributed by atoms with Crippen LogP contribution in [-0.2, 0) is 0 Å². The second kappa shape index (κ2) is 6.43. The Morgan fingerprint density at radius 1 is 1.18 bits per heavy atom. The molecule has 1 aromatic carbocycles. The lowest BCUT2D eigenvalue weighted by atomic mass is 10.1. The van der Waals surface area contributed by atoms with Crippen molar-refractivity contribution in [3.8, 4) is 11.5 Å². The quantitative estimate of drug-likeness (QED) is 0.940. The van der Waals surface area contributed by atoms with Gasteiger partial charge in [0.15, 0.2) is 11.6 Å². The van der Waals surface area contributed by atoms with Crippen molar-refractivity contribution in [1.29, 1.82) is 0 Å². The molecular weight excluding hydrogens is 282 g/mol. The largest absolute Gasteiger partial charge is 0.491 e. The van der Waals surface area contributed by atoms with Crippen LogP contribution in [0, 0.1) is 0 Å². The molecule has 6 heteroatoms. The Morgan fingerprint density at radius 2 is 1.86 bits per heavy atom. The highest BCUT2D eigenvalue weighted by atomic mass is 16.5. The fraction of sp³-hybridized carbons (Fsp3) is 0.312. The molecule has 0 bridgehead atoms. The molecular formula is C16H19N3O3. The van der Waals surface area contributed by atoms with Gasteiger partial charge in [-0.3, -0.25) is 4.79 Å². The van der Waals surface area contributed by atoms with E-state index in [9.17, 15) is 4.79 Å². The number of anilines is 1. The fourth-order valence-corrected chi connectivity index (χ4v) is 1.77. The number of benzene rings is 1. The molecule has 0 saturated heterocycles. The first-order valence-corrected chi connectivity index (χ1v) is 6.83. The molecule has 2 rings (SSSR count). The fourth-order valence-electron chi connectivity index (χ4n) is 1.77. The highest BCUT2D eigenvalue weighted by Gasteiger charge is 2.14. The molecule has 0 fully saturated rings. The highest BCUT2D eigenvalue weighted by Crippen LogP contribution is 2.21. The van der Waals surface area contributed by atoms with Crippen molar-refractivity contribution in [3.05, 3.63) is 42.4 Å². The molecule has 0 spiro atoms. The van der Waals surface area contributed by atoms with Crippen LogP contribution in [0.3, 0.4) is 0 Å². The minimum absolute atomic E-state index is 0.278. The first-order chi connectivity index (χ1) is 10.4. The lowest BCUT2D eigenvalue weighted by Gasteiger charge is -2.21. The van der Waals surface area contributed by atoms with Gasteiger partial charge < -0.3 is 14.8 Å². The zero-order chi connectivity index (χ0) is 16.2. The minimum atomic E-state index is -0.280. The van der Waals surface area contributed by atoms with E-state index in [1.807, 2.05) is 20.8 Å². The number of amides is 1. The van der Waals surface area contributed by atoms with Crippen LogP contribution in [0.25, 0.3) is 0 Å². The molecule has 2 aromatic rings. The third-order valence-corrected chi connectivity index (χ3v) is 2.67. The van der Waals surface area contributed by atoms with E-state index in [4.69, 9.17) is 9.47 Å². The molecule has 1 heterocycles. The molecule has 6 nitrogen and oxygen atoms in total.